The molecule has 5 nitrogen and oxygen atoms in total. The number of piperidine rings is 1. The minimum absolute atomic E-state index is 0.261. The van der Waals surface area contributed by atoms with Gasteiger partial charge in [0.25, 0.3) is 0 Å². The summed E-state index contributed by atoms with van der Waals surface area (Å²) in [6.45, 7) is -0.381. The quantitative estimate of drug-likeness (QED) is 0.739. The highest BCUT2D eigenvalue weighted by atomic mass is 19.4. The zero-order valence-electron chi connectivity index (χ0n) is 9.20. The molecule has 0 radical (unpaired) electrons. The molecule has 0 aromatic rings. The summed E-state index contributed by atoms with van der Waals surface area (Å²) in [7, 11) is 0. The molecule has 0 saturated carbocycles. The van der Waals surface area contributed by atoms with Crippen molar-refractivity contribution in [3.8, 4) is 0 Å². The molecule has 1 rings (SSSR count). The lowest BCUT2D eigenvalue weighted by Crippen LogP contribution is -2.47. The molecule has 1 aliphatic heterocycles. The van der Waals surface area contributed by atoms with Crippen molar-refractivity contribution in [2.45, 2.75) is 31.7 Å². The summed E-state index contributed by atoms with van der Waals surface area (Å²) in [6.07, 6.45) is -2.42. The Balaban J connectivity index is 2.26. The van der Waals surface area contributed by atoms with Crippen molar-refractivity contribution in [3.05, 3.63) is 0 Å². The minimum Gasteiger partial charge on any atom is -0.368 e. The predicted octanol–water partition coefficient (Wildman–Crippen LogP) is 0.794. The van der Waals surface area contributed by atoms with Crippen molar-refractivity contribution in [1.82, 2.24) is 5.06 Å². The van der Waals surface area contributed by atoms with Gasteiger partial charge in [-0.15, -0.1) is 13.2 Å². The van der Waals surface area contributed by atoms with Crippen LogP contribution in [0.25, 0.3) is 0 Å². The normalized spacial score (nSPS) is 22.6. The molecule has 0 aromatic carbocycles. The highest BCUT2D eigenvalue weighted by Gasteiger charge is 2.30. The lowest BCUT2D eigenvalue weighted by atomic mass is 10.0. The van der Waals surface area contributed by atoms with Crippen LogP contribution in [0.3, 0.4) is 0 Å². The van der Waals surface area contributed by atoms with E-state index < -0.39 is 24.9 Å². The summed E-state index contributed by atoms with van der Waals surface area (Å²) in [6, 6.07) is -0.561. The molecule has 1 aliphatic rings. The zero-order valence-corrected chi connectivity index (χ0v) is 9.20. The van der Waals surface area contributed by atoms with Gasteiger partial charge in [-0.3, -0.25) is 14.4 Å². The second-order valence-electron chi connectivity index (χ2n) is 3.68. The van der Waals surface area contributed by atoms with Gasteiger partial charge in [-0.05, 0) is 19.3 Å². The smallest absolute Gasteiger partial charge is 0.368 e. The van der Waals surface area contributed by atoms with Crippen molar-refractivity contribution in [2.24, 2.45) is 5.73 Å². The number of halogens is 3. The molecule has 1 saturated heterocycles. The number of rotatable bonds is 5. The van der Waals surface area contributed by atoms with Gasteiger partial charge in [-0.2, -0.15) is 5.06 Å². The number of nitrogens with zero attached hydrogens (tertiary/aromatic N) is 1. The van der Waals surface area contributed by atoms with E-state index in [2.05, 4.69) is 4.74 Å². The Labute approximate surface area is 96.6 Å². The summed E-state index contributed by atoms with van der Waals surface area (Å²) in [4.78, 5) is 16.1. The Morgan fingerprint density at radius 2 is 2.06 bits per heavy atom. The van der Waals surface area contributed by atoms with Gasteiger partial charge in [0.1, 0.15) is 6.04 Å². The van der Waals surface area contributed by atoms with E-state index in [0.717, 1.165) is 12.8 Å². The number of hydrogen-bond acceptors (Lipinski definition) is 4. The second kappa shape index (κ2) is 6.18. The Kier molecular flexibility index (Phi) is 5.16. The predicted molar refractivity (Wildman–Crippen MR) is 51.5 cm³/mol. The molecule has 1 heterocycles. The standard InChI is InChI=1S/C9H15F3N2O3/c10-9(11,12)16-5-6-17-14-4-2-1-3-7(14)8(13)15/h7H,1-6H2,(H2,13,15). The fraction of sp³-hybridized carbons (Fsp3) is 0.889. The molecule has 1 atom stereocenters. The van der Waals surface area contributed by atoms with Crippen LogP contribution in [-0.2, 0) is 14.4 Å². The fourth-order valence-corrected chi connectivity index (χ4v) is 1.66. The Bertz CT molecular complexity index is 260. The monoisotopic (exact) mass is 256 g/mol. The van der Waals surface area contributed by atoms with E-state index in [1.165, 1.54) is 5.06 Å². The maximum atomic E-state index is 11.7. The van der Waals surface area contributed by atoms with E-state index in [-0.39, 0.29) is 6.61 Å². The maximum absolute atomic E-state index is 11.7. The number of nitrogens with two attached hydrogens (primary N) is 1. The molecule has 100 valence electrons. The number of carbonyl (C=O) groups excluding carboxylic acids is 1. The number of alkyl halides is 3. The average Bonchev–Trinajstić information content (AvgIpc) is 2.23. The van der Waals surface area contributed by atoms with E-state index in [0.29, 0.717) is 13.0 Å². The van der Waals surface area contributed by atoms with Gasteiger partial charge in [-0.1, -0.05) is 0 Å². The van der Waals surface area contributed by atoms with Crippen LogP contribution in [0.2, 0.25) is 0 Å². The van der Waals surface area contributed by atoms with Gasteiger partial charge >= 0.3 is 6.36 Å². The topological polar surface area (TPSA) is 64.8 Å². The fourth-order valence-electron chi connectivity index (χ4n) is 1.66. The Morgan fingerprint density at radius 3 is 2.65 bits per heavy atom. The van der Waals surface area contributed by atoms with Crippen LogP contribution in [0.15, 0.2) is 0 Å². The first kappa shape index (κ1) is 14.2. The first-order valence-electron chi connectivity index (χ1n) is 5.30. The van der Waals surface area contributed by atoms with Crippen molar-refractivity contribution in [1.29, 1.82) is 0 Å². The molecule has 1 fully saturated rings. The summed E-state index contributed by atoms with van der Waals surface area (Å²) >= 11 is 0. The Morgan fingerprint density at radius 1 is 1.35 bits per heavy atom. The molecule has 2 N–H and O–H groups in total. The highest BCUT2D eigenvalue weighted by molar-refractivity contribution is 5.79. The number of ether oxygens (including phenoxy) is 1. The van der Waals surface area contributed by atoms with Gasteiger partial charge < -0.3 is 5.73 Å². The van der Waals surface area contributed by atoms with Crippen LogP contribution < -0.4 is 5.73 Å². The number of primary amides is 1. The third-order valence-corrected chi connectivity index (χ3v) is 2.39. The third-order valence-electron chi connectivity index (χ3n) is 2.39. The number of hydrogen-bond donors (Lipinski definition) is 1. The molecule has 1 unspecified atom stereocenters. The average molecular weight is 256 g/mol. The largest absolute Gasteiger partial charge is 0.522 e. The number of carbonyl (C=O) groups is 1. The van der Waals surface area contributed by atoms with Gasteiger partial charge in [0.15, 0.2) is 0 Å². The summed E-state index contributed by atoms with van der Waals surface area (Å²) in [5, 5.41) is 1.34. The van der Waals surface area contributed by atoms with Crippen molar-refractivity contribution in [2.75, 3.05) is 19.8 Å². The summed E-state index contributed by atoms with van der Waals surface area (Å²) < 4.78 is 38.5. The van der Waals surface area contributed by atoms with Crippen molar-refractivity contribution >= 4 is 5.91 Å². The molecular formula is C9H15F3N2O3. The third kappa shape index (κ3) is 5.33. The molecular weight excluding hydrogens is 241 g/mol. The van der Waals surface area contributed by atoms with Gasteiger partial charge in [0.05, 0.1) is 13.2 Å². The summed E-state index contributed by atoms with van der Waals surface area (Å²) in [5.74, 6) is -0.526. The maximum Gasteiger partial charge on any atom is 0.522 e. The molecule has 0 spiro atoms. The minimum atomic E-state index is -4.66. The SMILES string of the molecule is NC(=O)C1CCCCN1OCCOC(F)(F)F. The van der Waals surface area contributed by atoms with Crippen LogP contribution in [0.4, 0.5) is 13.2 Å². The first-order chi connectivity index (χ1) is 7.90. The van der Waals surface area contributed by atoms with Crippen molar-refractivity contribution < 1.29 is 27.5 Å². The Hall–Kier alpha value is -0.860. The van der Waals surface area contributed by atoms with Gasteiger partial charge in [0, 0.05) is 6.54 Å². The molecule has 8 heteroatoms. The first-order valence-corrected chi connectivity index (χ1v) is 5.30. The molecule has 0 aromatic heterocycles. The van der Waals surface area contributed by atoms with E-state index >= 15 is 0 Å². The van der Waals surface area contributed by atoms with E-state index in [4.69, 9.17) is 10.6 Å². The zero-order chi connectivity index (χ0) is 12.9. The molecule has 0 aliphatic carbocycles. The molecule has 1 amide bonds. The molecule has 17 heavy (non-hydrogen) atoms. The number of amides is 1. The van der Waals surface area contributed by atoms with Crippen LogP contribution in [0, 0.1) is 0 Å². The highest BCUT2D eigenvalue weighted by Crippen LogP contribution is 2.18. The van der Waals surface area contributed by atoms with Crippen LogP contribution in [0.5, 0.6) is 0 Å². The second-order valence-corrected chi connectivity index (χ2v) is 3.68. The molecule has 0 bridgehead atoms. The summed E-state index contributed by atoms with van der Waals surface area (Å²) in [5.41, 5.74) is 5.16. The van der Waals surface area contributed by atoms with E-state index in [1.54, 1.807) is 0 Å². The van der Waals surface area contributed by atoms with E-state index in [1.807, 2.05) is 0 Å². The van der Waals surface area contributed by atoms with Crippen LogP contribution in [-0.4, -0.2) is 43.1 Å². The van der Waals surface area contributed by atoms with Crippen LogP contribution >= 0.6 is 0 Å². The lowest BCUT2D eigenvalue weighted by molar-refractivity contribution is -0.333. The van der Waals surface area contributed by atoms with E-state index in [9.17, 15) is 18.0 Å². The van der Waals surface area contributed by atoms with Gasteiger partial charge in [-0.25, -0.2) is 0 Å². The van der Waals surface area contributed by atoms with Crippen molar-refractivity contribution in [3.63, 3.8) is 0 Å². The lowest BCUT2D eigenvalue weighted by Gasteiger charge is -2.32. The van der Waals surface area contributed by atoms with Crippen LogP contribution in [0.1, 0.15) is 19.3 Å². The number of hydroxylamine groups is 2. The van der Waals surface area contributed by atoms with Gasteiger partial charge in [0.2, 0.25) is 5.91 Å².